The smallest absolute Gasteiger partial charge is 0.127 e. The van der Waals surface area contributed by atoms with Gasteiger partial charge in [-0.15, -0.1) is 0 Å². The Morgan fingerprint density at radius 1 is 1.20 bits per heavy atom. The quantitative estimate of drug-likeness (QED) is 0.826. The third-order valence-corrected chi connectivity index (χ3v) is 4.06. The van der Waals surface area contributed by atoms with Crippen LogP contribution in [0.2, 0.25) is 0 Å². The Bertz CT molecular complexity index is 429. The van der Waals surface area contributed by atoms with Gasteiger partial charge in [-0.2, -0.15) is 0 Å². The van der Waals surface area contributed by atoms with Crippen LogP contribution in [-0.2, 0) is 0 Å². The molecule has 1 saturated carbocycles. The van der Waals surface area contributed by atoms with Gasteiger partial charge in [-0.25, -0.2) is 4.39 Å². The highest BCUT2D eigenvalue weighted by atomic mass is 19.1. The van der Waals surface area contributed by atoms with Crippen molar-refractivity contribution in [3.8, 4) is 0 Å². The Balaban J connectivity index is 1.99. The lowest BCUT2D eigenvalue weighted by Gasteiger charge is -2.30. The molecule has 20 heavy (non-hydrogen) atoms. The van der Waals surface area contributed by atoms with Crippen molar-refractivity contribution in [3.05, 3.63) is 35.6 Å². The Hall–Kier alpha value is -0.930. The van der Waals surface area contributed by atoms with Gasteiger partial charge in [0.25, 0.3) is 0 Å². The van der Waals surface area contributed by atoms with Crippen LogP contribution in [0.5, 0.6) is 0 Å². The average Bonchev–Trinajstić information content (AvgIpc) is 3.21. The first kappa shape index (κ1) is 15.5. The predicted octanol–water partition coefficient (Wildman–Crippen LogP) is 3.58. The summed E-state index contributed by atoms with van der Waals surface area (Å²) in [4.78, 5) is 2.54. The van der Waals surface area contributed by atoms with E-state index in [-0.39, 0.29) is 17.8 Å². The summed E-state index contributed by atoms with van der Waals surface area (Å²) < 4.78 is 13.8. The maximum Gasteiger partial charge on any atom is 0.127 e. The van der Waals surface area contributed by atoms with Gasteiger partial charge >= 0.3 is 0 Å². The van der Waals surface area contributed by atoms with E-state index in [1.165, 1.54) is 18.9 Å². The second-order valence-corrected chi connectivity index (χ2v) is 6.60. The molecule has 2 rings (SSSR count). The van der Waals surface area contributed by atoms with Crippen molar-refractivity contribution in [3.63, 3.8) is 0 Å². The van der Waals surface area contributed by atoms with E-state index in [0.29, 0.717) is 11.5 Å². The van der Waals surface area contributed by atoms with E-state index in [4.69, 9.17) is 5.73 Å². The molecule has 2 unspecified atom stereocenters. The van der Waals surface area contributed by atoms with E-state index in [0.717, 1.165) is 19.1 Å². The topological polar surface area (TPSA) is 29.3 Å². The van der Waals surface area contributed by atoms with Crippen LogP contribution in [0, 0.1) is 17.7 Å². The minimum Gasteiger partial charge on any atom is -0.324 e. The molecule has 2 N–H and O–H groups in total. The van der Waals surface area contributed by atoms with Gasteiger partial charge in [-0.1, -0.05) is 39.0 Å². The Labute approximate surface area is 122 Å². The molecule has 1 fully saturated rings. The molecule has 3 heteroatoms. The SMILES string of the molecule is CC(C)CN(CC(C)C(N)c1ccccc1F)C1CC1. The largest absolute Gasteiger partial charge is 0.324 e. The standard InChI is InChI=1S/C17H27FN2/c1-12(2)10-20(14-8-9-14)11-13(3)17(19)15-6-4-5-7-16(15)18/h4-7,12-14,17H,8-11,19H2,1-3H3. The van der Waals surface area contributed by atoms with E-state index in [9.17, 15) is 4.39 Å². The first-order chi connectivity index (χ1) is 9.49. The van der Waals surface area contributed by atoms with Crippen LogP contribution in [0.1, 0.15) is 45.2 Å². The van der Waals surface area contributed by atoms with Crippen molar-refractivity contribution in [2.45, 2.75) is 45.7 Å². The molecule has 0 spiro atoms. The van der Waals surface area contributed by atoms with Crippen LogP contribution in [0.15, 0.2) is 24.3 Å². The summed E-state index contributed by atoms with van der Waals surface area (Å²) in [6.45, 7) is 8.69. The third-order valence-electron chi connectivity index (χ3n) is 4.06. The van der Waals surface area contributed by atoms with E-state index in [1.807, 2.05) is 6.07 Å². The molecule has 2 atom stereocenters. The first-order valence-corrected chi connectivity index (χ1v) is 7.73. The second-order valence-electron chi connectivity index (χ2n) is 6.60. The van der Waals surface area contributed by atoms with Gasteiger partial charge in [0.1, 0.15) is 5.82 Å². The van der Waals surface area contributed by atoms with Gasteiger partial charge in [0, 0.05) is 30.7 Å². The molecule has 2 nitrogen and oxygen atoms in total. The molecule has 0 radical (unpaired) electrons. The normalized spacial score (nSPS) is 18.6. The highest BCUT2D eigenvalue weighted by molar-refractivity contribution is 5.21. The number of nitrogens with zero attached hydrogens (tertiary/aromatic N) is 1. The van der Waals surface area contributed by atoms with Gasteiger partial charge < -0.3 is 5.73 Å². The van der Waals surface area contributed by atoms with Crippen molar-refractivity contribution in [1.82, 2.24) is 4.90 Å². The molecule has 0 heterocycles. The lowest BCUT2D eigenvalue weighted by atomic mass is 9.94. The minimum atomic E-state index is -0.232. The van der Waals surface area contributed by atoms with Gasteiger partial charge in [0.2, 0.25) is 0 Å². The zero-order chi connectivity index (χ0) is 14.7. The number of hydrogen-bond acceptors (Lipinski definition) is 2. The molecule has 1 aromatic carbocycles. The highest BCUT2D eigenvalue weighted by Crippen LogP contribution is 2.30. The van der Waals surface area contributed by atoms with Crippen LogP contribution in [0.4, 0.5) is 4.39 Å². The fraction of sp³-hybridized carbons (Fsp3) is 0.647. The third kappa shape index (κ3) is 4.03. The summed E-state index contributed by atoms with van der Waals surface area (Å²) in [5.41, 5.74) is 6.91. The van der Waals surface area contributed by atoms with Gasteiger partial charge in [0.05, 0.1) is 0 Å². The molecule has 0 aromatic heterocycles. The highest BCUT2D eigenvalue weighted by Gasteiger charge is 2.31. The molecule has 0 aliphatic heterocycles. The molecule has 112 valence electrons. The monoisotopic (exact) mass is 278 g/mol. The fourth-order valence-electron chi connectivity index (χ4n) is 2.82. The van der Waals surface area contributed by atoms with Crippen LogP contribution in [0.3, 0.4) is 0 Å². The van der Waals surface area contributed by atoms with Gasteiger partial charge in [-0.05, 0) is 30.7 Å². The Morgan fingerprint density at radius 2 is 1.85 bits per heavy atom. The fourth-order valence-corrected chi connectivity index (χ4v) is 2.82. The number of hydrogen-bond donors (Lipinski definition) is 1. The Morgan fingerprint density at radius 3 is 2.40 bits per heavy atom. The second kappa shape index (κ2) is 6.68. The molecule has 0 saturated heterocycles. The molecular formula is C17H27FN2. The summed E-state index contributed by atoms with van der Waals surface area (Å²) in [5, 5.41) is 0. The molecule has 0 amide bonds. The van der Waals surface area contributed by atoms with E-state index in [2.05, 4.69) is 25.7 Å². The molecular weight excluding hydrogens is 251 g/mol. The number of benzene rings is 1. The maximum atomic E-state index is 13.8. The van der Waals surface area contributed by atoms with E-state index < -0.39 is 0 Å². The van der Waals surface area contributed by atoms with Crippen molar-refractivity contribution in [1.29, 1.82) is 0 Å². The zero-order valence-corrected chi connectivity index (χ0v) is 12.8. The van der Waals surface area contributed by atoms with Gasteiger partial charge in [0.15, 0.2) is 0 Å². The van der Waals surface area contributed by atoms with E-state index in [1.54, 1.807) is 12.1 Å². The van der Waals surface area contributed by atoms with Crippen molar-refractivity contribution >= 4 is 0 Å². The molecule has 0 bridgehead atoms. The summed E-state index contributed by atoms with van der Waals surface area (Å²) >= 11 is 0. The van der Waals surface area contributed by atoms with Crippen LogP contribution < -0.4 is 5.73 Å². The van der Waals surface area contributed by atoms with Crippen molar-refractivity contribution in [2.24, 2.45) is 17.6 Å². The Kier molecular flexibility index (Phi) is 5.17. The minimum absolute atomic E-state index is 0.186. The molecule has 1 aliphatic carbocycles. The number of rotatable bonds is 7. The lowest BCUT2D eigenvalue weighted by molar-refractivity contribution is 0.192. The molecule has 1 aliphatic rings. The number of halogens is 1. The van der Waals surface area contributed by atoms with E-state index >= 15 is 0 Å². The average molecular weight is 278 g/mol. The first-order valence-electron chi connectivity index (χ1n) is 7.73. The summed E-state index contributed by atoms with van der Waals surface area (Å²) in [7, 11) is 0. The van der Waals surface area contributed by atoms with Crippen LogP contribution >= 0.6 is 0 Å². The van der Waals surface area contributed by atoms with Crippen molar-refractivity contribution < 1.29 is 4.39 Å². The predicted molar refractivity (Wildman–Crippen MR) is 81.9 cm³/mol. The molecule has 1 aromatic rings. The number of nitrogens with two attached hydrogens (primary N) is 1. The van der Waals surface area contributed by atoms with Crippen LogP contribution in [-0.4, -0.2) is 24.0 Å². The lowest BCUT2D eigenvalue weighted by Crippen LogP contribution is -2.37. The van der Waals surface area contributed by atoms with Crippen LogP contribution in [0.25, 0.3) is 0 Å². The van der Waals surface area contributed by atoms with Crippen molar-refractivity contribution in [2.75, 3.05) is 13.1 Å². The zero-order valence-electron chi connectivity index (χ0n) is 12.8. The summed E-state index contributed by atoms with van der Waals surface area (Å²) in [6.07, 6.45) is 2.60. The van der Waals surface area contributed by atoms with Gasteiger partial charge in [-0.3, -0.25) is 4.90 Å². The summed E-state index contributed by atoms with van der Waals surface area (Å²) in [6, 6.07) is 7.37. The summed E-state index contributed by atoms with van der Waals surface area (Å²) in [5.74, 6) is 0.729. The maximum absolute atomic E-state index is 13.8.